The second-order valence-electron chi connectivity index (χ2n) is 4.03. The molecule has 0 aliphatic rings. The van der Waals surface area contributed by atoms with Crippen LogP contribution in [0.15, 0.2) is 42.6 Å². The maximum Gasteiger partial charge on any atom is 0.186 e. The van der Waals surface area contributed by atoms with Gasteiger partial charge in [0.25, 0.3) is 0 Å². The number of halogens is 1. The summed E-state index contributed by atoms with van der Waals surface area (Å²) in [5.74, 6) is -2.06. The molecule has 1 aromatic heterocycles. The lowest BCUT2D eigenvalue weighted by atomic mass is 9.95. The number of hydrogen-bond donors (Lipinski definition) is 0. The van der Waals surface area contributed by atoms with Gasteiger partial charge in [0.1, 0.15) is 0 Å². The molecule has 100 valence electrons. The number of Topliss-reactive ketones (excluding diaryl/α,β-unsaturated/α-hetero) is 1. The van der Waals surface area contributed by atoms with Gasteiger partial charge in [0.05, 0.1) is 18.9 Å². The van der Waals surface area contributed by atoms with Crippen molar-refractivity contribution in [2.24, 2.45) is 0 Å². The second-order valence-corrected chi connectivity index (χ2v) is 4.03. The molecule has 0 bridgehead atoms. The van der Waals surface area contributed by atoms with Crippen LogP contribution in [0.2, 0.25) is 0 Å². The van der Waals surface area contributed by atoms with Gasteiger partial charge in [-0.25, -0.2) is 4.39 Å². The van der Waals surface area contributed by atoms with Crippen molar-refractivity contribution in [3.05, 3.63) is 59.7 Å². The monoisotopic (exact) mass is 270 g/mol. The Balaban J connectivity index is 2.37. The van der Waals surface area contributed by atoms with Crippen LogP contribution in [0.4, 0.5) is 4.39 Å². The zero-order valence-corrected chi connectivity index (χ0v) is 10.7. The second kappa shape index (κ2) is 5.93. The molecule has 2 rings (SSSR count). The molecule has 1 heterocycles. The topological polar surface area (TPSA) is 63.0 Å². The van der Waals surface area contributed by atoms with Gasteiger partial charge in [-0.2, -0.15) is 5.26 Å². The van der Waals surface area contributed by atoms with Gasteiger partial charge in [0.2, 0.25) is 0 Å². The van der Waals surface area contributed by atoms with Gasteiger partial charge in [0.15, 0.2) is 23.3 Å². The summed E-state index contributed by atoms with van der Waals surface area (Å²) in [6, 6.07) is 10.7. The van der Waals surface area contributed by atoms with E-state index in [-0.39, 0.29) is 11.3 Å². The van der Waals surface area contributed by atoms with E-state index in [1.807, 2.05) is 6.07 Å². The number of carbonyl (C=O) groups excluding carboxylic acids is 1. The van der Waals surface area contributed by atoms with Crippen LogP contribution in [0.3, 0.4) is 0 Å². The molecule has 2 aromatic rings. The Hall–Kier alpha value is -2.74. The normalized spacial score (nSPS) is 11.4. The summed E-state index contributed by atoms with van der Waals surface area (Å²) in [6.07, 6.45) is 1.51. The molecule has 1 unspecified atom stereocenters. The number of nitriles is 1. The van der Waals surface area contributed by atoms with Crippen LogP contribution in [-0.2, 0) is 0 Å². The number of ether oxygens (including phenoxy) is 1. The Morgan fingerprint density at radius 3 is 2.80 bits per heavy atom. The van der Waals surface area contributed by atoms with Crippen molar-refractivity contribution in [3.8, 4) is 11.8 Å². The molecular weight excluding hydrogens is 259 g/mol. The van der Waals surface area contributed by atoms with Crippen LogP contribution in [0.25, 0.3) is 0 Å². The fraction of sp³-hybridized carbons (Fsp3) is 0.133. The molecule has 0 radical (unpaired) electrons. The first-order valence-electron chi connectivity index (χ1n) is 5.85. The molecule has 1 aromatic carbocycles. The first-order valence-corrected chi connectivity index (χ1v) is 5.85. The van der Waals surface area contributed by atoms with E-state index in [0.29, 0.717) is 5.69 Å². The van der Waals surface area contributed by atoms with Crippen LogP contribution in [0.1, 0.15) is 22.0 Å². The average molecular weight is 270 g/mol. The van der Waals surface area contributed by atoms with Crippen molar-refractivity contribution < 1.29 is 13.9 Å². The van der Waals surface area contributed by atoms with Gasteiger partial charge in [-0.1, -0.05) is 6.07 Å². The highest BCUT2D eigenvalue weighted by atomic mass is 19.1. The van der Waals surface area contributed by atoms with Crippen molar-refractivity contribution in [3.63, 3.8) is 0 Å². The third-order valence-electron chi connectivity index (χ3n) is 2.81. The highest BCUT2D eigenvalue weighted by molar-refractivity contribution is 6.02. The van der Waals surface area contributed by atoms with E-state index in [9.17, 15) is 14.4 Å². The lowest BCUT2D eigenvalue weighted by molar-refractivity contribution is 0.0977. The van der Waals surface area contributed by atoms with Crippen LogP contribution in [0, 0.1) is 17.1 Å². The van der Waals surface area contributed by atoms with E-state index in [0.717, 1.165) is 6.07 Å². The summed E-state index contributed by atoms with van der Waals surface area (Å²) in [5, 5.41) is 9.18. The molecule has 0 fully saturated rings. The van der Waals surface area contributed by atoms with E-state index < -0.39 is 17.5 Å². The number of nitrogens with zero attached hydrogens (tertiary/aromatic N) is 2. The van der Waals surface area contributed by atoms with Gasteiger partial charge in [-0.3, -0.25) is 9.78 Å². The minimum Gasteiger partial charge on any atom is -0.494 e. The number of carbonyl (C=O) groups is 1. The van der Waals surface area contributed by atoms with Crippen molar-refractivity contribution >= 4 is 5.78 Å². The summed E-state index contributed by atoms with van der Waals surface area (Å²) < 4.78 is 18.2. The molecular formula is C15H11FN2O2. The fourth-order valence-corrected chi connectivity index (χ4v) is 1.79. The van der Waals surface area contributed by atoms with Crippen molar-refractivity contribution in [2.75, 3.05) is 7.11 Å². The lowest BCUT2D eigenvalue weighted by Crippen LogP contribution is -2.12. The van der Waals surface area contributed by atoms with Crippen LogP contribution in [0.5, 0.6) is 5.75 Å². The van der Waals surface area contributed by atoms with Crippen LogP contribution >= 0.6 is 0 Å². The van der Waals surface area contributed by atoms with E-state index in [4.69, 9.17) is 4.74 Å². The van der Waals surface area contributed by atoms with Gasteiger partial charge >= 0.3 is 0 Å². The number of benzene rings is 1. The Morgan fingerprint density at radius 1 is 1.40 bits per heavy atom. The zero-order valence-electron chi connectivity index (χ0n) is 10.7. The fourth-order valence-electron chi connectivity index (χ4n) is 1.79. The first-order chi connectivity index (χ1) is 9.67. The largest absolute Gasteiger partial charge is 0.494 e. The molecule has 0 spiro atoms. The predicted molar refractivity (Wildman–Crippen MR) is 69.9 cm³/mol. The number of pyridine rings is 1. The summed E-state index contributed by atoms with van der Waals surface area (Å²) in [4.78, 5) is 16.3. The molecule has 0 amide bonds. The maximum atomic E-state index is 13.3. The Labute approximate surface area is 115 Å². The third kappa shape index (κ3) is 2.64. The van der Waals surface area contributed by atoms with Crippen LogP contribution in [-0.4, -0.2) is 17.9 Å². The SMILES string of the molecule is COc1cc(C(=O)C(C#N)c2ccccn2)ccc1F. The van der Waals surface area contributed by atoms with Crippen molar-refractivity contribution in [2.45, 2.75) is 5.92 Å². The van der Waals surface area contributed by atoms with Gasteiger partial charge in [-0.15, -0.1) is 0 Å². The number of ketones is 1. The van der Waals surface area contributed by atoms with Gasteiger partial charge < -0.3 is 4.74 Å². The van der Waals surface area contributed by atoms with E-state index in [2.05, 4.69) is 4.98 Å². The highest BCUT2D eigenvalue weighted by Crippen LogP contribution is 2.23. The van der Waals surface area contributed by atoms with E-state index in [1.54, 1.807) is 18.2 Å². The smallest absolute Gasteiger partial charge is 0.186 e. The molecule has 0 N–H and O–H groups in total. The number of rotatable bonds is 4. The Bertz CT molecular complexity index is 665. The number of aromatic nitrogens is 1. The van der Waals surface area contributed by atoms with Crippen molar-refractivity contribution in [1.82, 2.24) is 4.98 Å². The lowest BCUT2D eigenvalue weighted by Gasteiger charge is -2.09. The standard InChI is InChI=1S/C15H11FN2O2/c1-20-14-8-10(5-6-12(14)16)15(19)11(9-17)13-4-2-3-7-18-13/h2-8,11H,1H3. The minimum atomic E-state index is -1.02. The maximum absolute atomic E-state index is 13.3. The summed E-state index contributed by atoms with van der Waals surface area (Å²) >= 11 is 0. The summed E-state index contributed by atoms with van der Waals surface area (Å²) in [6.45, 7) is 0. The molecule has 4 nitrogen and oxygen atoms in total. The zero-order chi connectivity index (χ0) is 14.5. The molecule has 0 saturated heterocycles. The Kier molecular flexibility index (Phi) is 4.06. The molecule has 5 heteroatoms. The molecule has 20 heavy (non-hydrogen) atoms. The summed E-state index contributed by atoms with van der Waals surface area (Å²) in [5.41, 5.74) is 0.573. The Morgan fingerprint density at radius 2 is 2.20 bits per heavy atom. The first kappa shape index (κ1) is 13.7. The highest BCUT2D eigenvalue weighted by Gasteiger charge is 2.23. The molecule has 0 saturated carbocycles. The third-order valence-corrected chi connectivity index (χ3v) is 2.81. The van der Waals surface area contributed by atoms with Gasteiger partial charge in [-0.05, 0) is 30.3 Å². The molecule has 0 aliphatic carbocycles. The quantitative estimate of drug-likeness (QED) is 0.801. The minimum absolute atomic E-state index is 0.0337. The average Bonchev–Trinajstić information content (AvgIpc) is 2.49. The van der Waals surface area contributed by atoms with Gasteiger partial charge in [0, 0.05) is 11.8 Å². The van der Waals surface area contributed by atoms with E-state index >= 15 is 0 Å². The van der Waals surface area contributed by atoms with Crippen molar-refractivity contribution in [1.29, 1.82) is 5.26 Å². The number of hydrogen-bond acceptors (Lipinski definition) is 4. The van der Waals surface area contributed by atoms with Crippen LogP contribution < -0.4 is 4.74 Å². The molecule has 1 atom stereocenters. The number of methoxy groups -OCH3 is 1. The predicted octanol–water partition coefficient (Wildman–Crippen LogP) is 2.72. The van der Waals surface area contributed by atoms with E-state index in [1.165, 1.54) is 25.4 Å². The molecule has 0 aliphatic heterocycles. The summed E-state index contributed by atoms with van der Waals surface area (Å²) in [7, 11) is 1.31.